The van der Waals surface area contributed by atoms with E-state index >= 15 is 0 Å². The Morgan fingerprint density at radius 2 is 1.96 bits per heavy atom. The number of amides is 3. The zero-order valence-corrected chi connectivity index (χ0v) is 15.8. The molecule has 1 aliphatic rings. The van der Waals surface area contributed by atoms with Crippen molar-refractivity contribution in [1.29, 1.82) is 0 Å². The van der Waals surface area contributed by atoms with E-state index in [4.69, 9.17) is 5.11 Å². The number of carboxylic acids is 1. The molecule has 3 amide bonds. The number of hydrogen-bond acceptors (Lipinski definition) is 4. The third kappa shape index (κ3) is 3.95. The van der Waals surface area contributed by atoms with Gasteiger partial charge in [-0.25, -0.2) is 14.6 Å². The molecule has 1 aromatic carbocycles. The number of aryl methyl sites for hydroxylation is 1. The summed E-state index contributed by atoms with van der Waals surface area (Å²) in [6, 6.07) is 6.20. The van der Waals surface area contributed by atoms with Crippen molar-refractivity contribution in [1.82, 2.24) is 19.8 Å². The summed E-state index contributed by atoms with van der Waals surface area (Å²) >= 11 is 0. The highest BCUT2D eigenvalue weighted by Crippen LogP contribution is 2.19. The summed E-state index contributed by atoms with van der Waals surface area (Å²) in [5.74, 6) is -0.534. The predicted molar refractivity (Wildman–Crippen MR) is 103 cm³/mol. The quantitative estimate of drug-likeness (QED) is 0.565. The molecule has 0 spiro atoms. The lowest BCUT2D eigenvalue weighted by Crippen LogP contribution is -2.24. The molecule has 0 radical (unpaired) electrons. The van der Waals surface area contributed by atoms with Crippen LogP contribution in [-0.4, -0.2) is 44.5 Å². The molecule has 1 aliphatic heterocycles. The smallest absolute Gasteiger partial charge is 0.335 e. The number of nitrogens with zero attached hydrogens (tertiary/aromatic N) is 3. The minimum Gasteiger partial charge on any atom is -0.478 e. The molecule has 2 heterocycles. The van der Waals surface area contributed by atoms with Gasteiger partial charge in [0.2, 0.25) is 0 Å². The minimum atomic E-state index is -0.969. The molecule has 1 aromatic heterocycles. The fourth-order valence-corrected chi connectivity index (χ4v) is 3.01. The van der Waals surface area contributed by atoms with Gasteiger partial charge in [-0.15, -0.1) is 0 Å². The molecule has 28 heavy (non-hydrogen) atoms. The van der Waals surface area contributed by atoms with Crippen LogP contribution < -0.4 is 5.32 Å². The lowest BCUT2D eigenvalue weighted by molar-refractivity contribution is -0.115. The van der Waals surface area contributed by atoms with Crippen LogP contribution in [0, 0.1) is 0 Å². The summed E-state index contributed by atoms with van der Waals surface area (Å²) in [5, 5.41) is 11.3. The zero-order valence-electron chi connectivity index (χ0n) is 15.8. The van der Waals surface area contributed by atoms with E-state index in [-0.39, 0.29) is 11.3 Å². The van der Waals surface area contributed by atoms with E-state index in [0.29, 0.717) is 12.2 Å². The molecule has 0 saturated carbocycles. The Morgan fingerprint density at radius 1 is 1.25 bits per heavy atom. The lowest BCUT2D eigenvalue weighted by atomic mass is 10.1. The van der Waals surface area contributed by atoms with Crippen molar-refractivity contribution >= 4 is 24.0 Å². The standard InChI is InChI=1S/C20H22N4O4/c1-3-4-5-17-21-11-15(10-16-18(25)22-20(28)23(16)2)24(17)12-13-6-8-14(9-7-13)19(26)27/h6-11H,3-5,12H2,1-2H3,(H,26,27)(H,22,25,28)/b16-10-. The molecular weight excluding hydrogens is 360 g/mol. The number of likely N-dealkylation sites (N-methyl/N-ethyl adjacent to an activating group) is 1. The van der Waals surface area contributed by atoms with Crippen molar-refractivity contribution in [3.63, 3.8) is 0 Å². The number of unbranched alkanes of at least 4 members (excludes halogenated alkanes) is 1. The van der Waals surface area contributed by atoms with Gasteiger partial charge < -0.3 is 9.67 Å². The number of benzene rings is 1. The zero-order chi connectivity index (χ0) is 20.3. The van der Waals surface area contributed by atoms with Gasteiger partial charge in [-0.05, 0) is 30.2 Å². The lowest BCUT2D eigenvalue weighted by Gasteiger charge is -2.12. The van der Waals surface area contributed by atoms with Crippen molar-refractivity contribution in [3.8, 4) is 0 Å². The molecule has 1 fully saturated rings. The third-order valence-corrected chi connectivity index (χ3v) is 4.67. The Hall–Kier alpha value is -3.42. The van der Waals surface area contributed by atoms with Crippen LogP contribution in [0.25, 0.3) is 6.08 Å². The molecule has 3 rings (SSSR count). The van der Waals surface area contributed by atoms with Gasteiger partial charge in [0.15, 0.2) is 0 Å². The molecule has 0 atom stereocenters. The van der Waals surface area contributed by atoms with Crippen LogP contribution in [0.4, 0.5) is 4.79 Å². The first kappa shape index (κ1) is 19.3. The number of carbonyl (C=O) groups excluding carboxylic acids is 2. The van der Waals surface area contributed by atoms with E-state index in [9.17, 15) is 14.4 Å². The second kappa shape index (κ2) is 8.08. The highest BCUT2D eigenvalue weighted by atomic mass is 16.4. The number of imide groups is 1. The van der Waals surface area contributed by atoms with Gasteiger partial charge in [0.25, 0.3) is 5.91 Å². The van der Waals surface area contributed by atoms with E-state index < -0.39 is 17.9 Å². The van der Waals surface area contributed by atoms with Crippen LogP contribution >= 0.6 is 0 Å². The van der Waals surface area contributed by atoms with Gasteiger partial charge in [0, 0.05) is 20.0 Å². The van der Waals surface area contributed by atoms with Gasteiger partial charge in [0.05, 0.1) is 17.5 Å². The number of rotatable bonds is 7. The summed E-state index contributed by atoms with van der Waals surface area (Å²) in [6.07, 6.45) is 6.12. The van der Waals surface area contributed by atoms with Gasteiger partial charge in [-0.1, -0.05) is 25.5 Å². The van der Waals surface area contributed by atoms with E-state index in [1.165, 1.54) is 11.9 Å². The molecule has 1 saturated heterocycles. The summed E-state index contributed by atoms with van der Waals surface area (Å²) in [5.41, 5.74) is 2.11. The van der Waals surface area contributed by atoms with Crippen molar-refractivity contribution in [2.45, 2.75) is 32.7 Å². The molecule has 2 N–H and O–H groups in total. The number of aromatic nitrogens is 2. The van der Waals surface area contributed by atoms with Crippen LogP contribution in [0.1, 0.15) is 47.2 Å². The number of carboxylic acid groups (broad SMARTS) is 1. The topological polar surface area (TPSA) is 105 Å². The maximum absolute atomic E-state index is 12.0. The third-order valence-electron chi connectivity index (χ3n) is 4.67. The molecule has 8 heteroatoms. The fourth-order valence-electron chi connectivity index (χ4n) is 3.01. The average Bonchev–Trinajstić information content (AvgIpc) is 3.15. The Kier molecular flexibility index (Phi) is 5.58. The van der Waals surface area contributed by atoms with E-state index in [1.807, 2.05) is 4.57 Å². The number of hydrogen-bond donors (Lipinski definition) is 2. The number of carbonyl (C=O) groups is 3. The summed E-state index contributed by atoms with van der Waals surface area (Å²) in [4.78, 5) is 40.5. The van der Waals surface area contributed by atoms with Crippen molar-refractivity contribution in [2.24, 2.45) is 0 Å². The maximum Gasteiger partial charge on any atom is 0.335 e. The van der Waals surface area contributed by atoms with E-state index in [1.54, 1.807) is 36.5 Å². The van der Waals surface area contributed by atoms with Gasteiger partial charge in [-0.3, -0.25) is 15.0 Å². The van der Waals surface area contributed by atoms with Crippen molar-refractivity contribution in [2.75, 3.05) is 7.05 Å². The molecular formula is C20H22N4O4. The molecule has 8 nitrogen and oxygen atoms in total. The van der Waals surface area contributed by atoms with Crippen LogP contribution in [-0.2, 0) is 17.8 Å². The predicted octanol–water partition coefficient (Wildman–Crippen LogP) is 2.49. The van der Waals surface area contributed by atoms with Crippen LogP contribution in [0.15, 0.2) is 36.2 Å². The van der Waals surface area contributed by atoms with Crippen molar-refractivity contribution in [3.05, 3.63) is 58.8 Å². The Labute approximate surface area is 162 Å². The van der Waals surface area contributed by atoms with Gasteiger partial charge >= 0.3 is 12.0 Å². The second-order valence-electron chi connectivity index (χ2n) is 6.64. The number of aromatic carboxylic acids is 1. The summed E-state index contributed by atoms with van der Waals surface area (Å²) in [7, 11) is 1.54. The minimum absolute atomic E-state index is 0.227. The first-order chi connectivity index (χ1) is 13.4. The van der Waals surface area contributed by atoms with Crippen LogP contribution in [0.5, 0.6) is 0 Å². The first-order valence-corrected chi connectivity index (χ1v) is 9.08. The SMILES string of the molecule is CCCCc1ncc(/C=C2/C(=O)NC(=O)N2C)n1Cc1ccc(C(=O)O)cc1. The van der Waals surface area contributed by atoms with Gasteiger partial charge in [0.1, 0.15) is 11.5 Å². The molecule has 146 valence electrons. The fraction of sp³-hybridized carbons (Fsp3) is 0.300. The normalized spacial score (nSPS) is 15.4. The summed E-state index contributed by atoms with van der Waals surface area (Å²) < 4.78 is 1.99. The Balaban J connectivity index is 1.95. The molecule has 0 unspecified atom stereocenters. The number of nitrogens with one attached hydrogen (secondary N) is 1. The van der Waals surface area contributed by atoms with Crippen LogP contribution in [0.3, 0.4) is 0 Å². The molecule has 0 aliphatic carbocycles. The monoisotopic (exact) mass is 382 g/mol. The maximum atomic E-state index is 12.0. The van der Waals surface area contributed by atoms with Crippen molar-refractivity contribution < 1.29 is 19.5 Å². The average molecular weight is 382 g/mol. The Bertz CT molecular complexity index is 944. The van der Waals surface area contributed by atoms with Gasteiger partial charge in [-0.2, -0.15) is 0 Å². The second-order valence-corrected chi connectivity index (χ2v) is 6.64. The molecule has 2 aromatic rings. The Morgan fingerprint density at radius 3 is 2.54 bits per heavy atom. The van der Waals surface area contributed by atoms with E-state index in [2.05, 4.69) is 17.2 Å². The van der Waals surface area contributed by atoms with E-state index in [0.717, 1.165) is 30.7 Å². The summed E-state index contributed by atoms with van der Waals surface area (Å²) in [6.45, 7) is 2.58. The first-order valence-electron chi connectivity index (χ1n) is 9.08. The number of imidazole rings is 1. The largest absolute Gasteiger partial charge is 0.478 e. The molecule has 0 bridgehead atoms. The highest BCUT2D eigenvalue weighted by molar-refractivity contribution is 6.13. The number of urea groups is 1. The van der Waals surface area contributed by atoms with Crippen LogP contribution in [0.2, 0.25) is 0 Å². The highest BCUT2D eigenvalue weighted by Gasteiger charge is 2.30.